The van der Waals surface area contributed by atoms with Crippen LogP contribution >= 0.6 is 0 Å². The molecule has 1 aliphatic rings. The van der Waals surface area contributed by atoms with E-state index in [1.807, 2.05) is 31.3 Å². The maximum atomic E-state index is 15.1. The Bertz CT molecular complexity index is 1530. The van der Waals surface area contributed by atoms with Crippen molar-refractivity contribution >= 4 is 28.5 Å². The highest BCUT2D eigenvalue weighted by Gasteiger charge is 2.34. The van der Waals surface area contributed by atoms with Gasteiger partial charge in [0.25, 0.3) is 11.8 Å². The van der Waals surface area contributed by atoms with E-state index in [1.54, 1.807) is 16.7 Å². The number of benzene rings is 2. The summed E-state index contributed by atoms with van der Waals surface area (Å²) in [6, 6.07) is 11.7. The number of halogens is 2. The number of carbonyl (C=O) groups is 2. The van der Waals surface area contributed by atoms with Crippen LogP contribution in [-0.2, 0) is 7.05 Å². The molecule has 0 bridgehead atoms. The molecule has 1 atom stereocenters. The van der Waals surface area contributed by atoms with Gasteiger partial charge in [-0.25, -0.2) is 4.39 Å². The Balaban J connectivity index is 1.40. The first-order valence-corrected chi connectivity index (χ1v) is 12.2. The van der Waals surface area contributed by atoms with Gasteiger partial charge in [-0.1, -0.05) is 18.2 Å². The van der Waals surface area contributed by atoms with Crippen molar-refractivity contribution in [3.05, 3.63) is 71.1 Å². The molecule has 1 fully saturated rings. The summed E-state index contributed by atoms with van der Waals surface area (Å²) in [7, 11) is 4.17. The van der Waals surface area contributed by atoms with E-state index in [1.165, 1.54) is 12.0 Å². The lowest BCUT2D eigenvalue weighted by Crippen LogP contribution is -2.39. The Labute approximate surface area is 217 Å². The zero-order chi connectivity index (χ0) is 27.0. The topological polar surface area (TPSA) is 101 Å². The maximum absolute atomic E-state index is 15.1. The summed E-state index contributed by atoms with van der Waals surface area (Å²) in [4.78, 5) is 28.0. The van der Waals surface area contributed by atoms with Crippen LogP contribution in [0, 0.1) is 11.6 Å². The fourth-order valence-electron chi connectivity index (χ4n) is 4.98. The van der Waals surface area contributed by atoms with Crippen molar-refractivity contribution in [2.75, 3.05) is 26.1 Å². The molecule has 1 aliphatic heterocycles. The van der Waals surface area contributed by atoms with Crippen molar-refractivity contribution < 1.29 is 27.8 Å². The number of ether oxygens (including phenoxy) is 2. The first-order valence-electron chi connectivity index (χ1n) is 12.2. The van der Waals surface area contributed by atoms with Gasteiger partial charge < -0.3 is 24.3 Å². The van der Waals surface area contributed by atoms with Gasteiger partial charge in [-0.05, 0) is 37.5 Å². The average molecular weight is 524 g/mol. The number of nitrogens with one attached hydrogen (secondary N) is 2. The molecule has 2 N–H and O–H groups in total. The van der Waals surface area contributed by atoms with Crippen molar-refractivity contribution in [1.82, 2.24) is 19.7 Å². The van der Waals surface area contributed by atoms with Crippen molar-refractivity contribution in [1.29, 1.82) is 0 Å². The van der Waals surface area contributed by atoms with Gasteiger partial charge in [0.1, 0.15) is 5.69 Å². The molecule has 2 aromatic carbocycles. The second kappa shape index (κ2) is 10.2. The maximum Gasteiger partial charge on any atom is 0.273 e. The fraction of sp³-hybridized carbons (Fsp3) is 0.296. The monoisotopic (exact) mass is 523 g/mol. The average Bonchev–Trinajstić information content (AvgIpc) is 3.53. The van der Waals surface area contributed by atoms with E-state index >= 15 is 4.39 Å². The number of hydrogen-bond donors (Lipinski definition) is 2. The summed E-state index contributed by atoms with van der Waals surface area (Å²) in [5, 5.41) is 10.9. The van der Waals surface area contributed by atoms with E-state index < -0.39 is 29.3 Å². The van der Waals surface area contributed by atoms with Crippen LogP contribution in [0.4, 0.5) is 14.6 Å². The van der Waals surface area contributed by atoms with E-state index in [9.17, 15) is 14.0 Å². The molecule has 2 amide bonds. The first-order chi connectivity index (χ1) is 18.3. The number of aromatic nitrogens is 3. The van der Waals surface area contributed by atoms with Crippen molar-refractivity contribution in [2.45, 2.75) is 25.3 Å². The van der Waals surface area contributed by atoms with Gasteiger partial charge >= 0.3 is 0 Å². The van der Waals surface area contributed by atoms with Gasteiger partial charge in [-0.3, -0.25) is 14.7 Å². The minimum Gasteiger partial charge on any atom is -0.494 e. The van der Waals surface area contributed by atoms with Crippen LogP contribution in [0.2, 0.25) is 0 Å². The number of nitrogens with zero attached hydrogens (tertiary/aromatic N) is 3. The third kappa shape index (κ3) is 4.33. The Morgan fingerprint density at radius 1 is 1.08 bits per heavy atom. The van der Waals surface area contributed by atoms with Gasteiger partial charge in [-0.15, -0.1) is 0 Å². The number of methoxy groups -OCH3 is 2. The molecular weight excluding hydrogens is 496 g/mol. The van der Waals surface area contributed by atoms with E-state index in [0.717, 1.165) is 36.9 Å². The van der Waals surface area contributed by atoms with Crippen LogP contribution in [0.15, 0.2) is 42.5 Å². The van der Waals surface area contributed by atoms with Gasteiger partial charge in [-0.2, -0.15) is 9.49 Å². The minimum absolute atomic E-state index is 0.292. The van der Waals surface area contributed by atoms with Gasteiger partial charge in [0.15, 0.2) is 23.1 Å². The smallest absolute Gasteiger partial charge is 0.273 e. The third-order valence-electron chi connectivity index (χ3n) is 6.93. The summed E-state index contributed by atoms with van der Waals surface area (Å²) in [5.41, 5.74) is 1.64. The molecule has 4 aromatic rings. The Kier molecular flexibility index (Phi) is 6.75. The zero-order valence-electron chi connectivity index (χ0n) is 21.2. The number of carbonyl (C=O) groups excluding carboxylic acids is 2. The number of amides is 2. The molecule has 0 saturated carbocycles. The number of aryl methyl sites for hydroxylation is 1. The predicted molar refractivity (Wildman–Crippen MR) is 137 cm³/mol. The Morgan fingerprint density at radius 3 is 2.61 bits per heavy atom. The molecule has 198 valence electrons. The number of aromatic amines is 1. The SMILES string of the molecule is COc1cc(C(=O)N2CCCCC2c2cc(NC(=O)c3cc4ccccc4n3C)n[nH]2)c(F)c(OC)c1F. The highest BCUT2D eigenvalue weighted by atomic mass is 19.1. The molecule has 0 aliphatic carbocycles. The normalized spacial score (nSPS) is 15.5. The van der Waals surface area contributed by atoms with Crippen LogP contribution < -0.4 is 14.8 Å². The number of hydrogen-bond acceptors (Lipinski definition) is 5. The molecule has 0 radical (unpaired) electrons. The second-order valence-electron chi connectivity index (χ2n) is 9.11. The molecule has 1 saturated heterocycles. The van der Waals surface area contributed by atoms with Crippen LogP contribution in [0.1, 0.15) is 51.8 Å². The van der Waals surface area contributed by atoms with Gasteiger partial charge in [0.2, 0.25) is 5.82 Å². The number of piperidine rings is 1. The Hall–Kier alpha value is -4.41. The highest BCUT2D eigenvalue weighted by molar-refractivity contribution is 6.06. The standard InChI is InChI=1S/C27H27F2N5O4/c1-33-18-9-5-4-8-15(18)12-20(33)26(35)30-22-14-17(31-32-22)19-10-6-7-11-34(19)27(36)16-13-21(37-2)24(29)25(38-3)23(16)28/h4-5,8-9,12-14,19H,6-7,10-11H2,1-3H3,(H2,30,31,32,35). The van der Waals surface area contributed by atoms with Crippen LogP contribution in [0.25, 0.3) is 10.9 Å². The first kappa shape index (κ1) is 25.2. The third-order valence-corrected chi connectivity index (χ3v) is 6.93. The summed E-state index contributed by atoms with van der Waals surface area (Å²) in [6.45, 7) is 0.363. The summed E-state index contributed by atoms with van der Waals surface area (Å²) >= 11 is 0. The zero-order valence-corrected chi connectivity index (χ0v) is 21.2. The van der Waals surface area contributed by atoms with E-state index in [2.05, 4.69) is 15.5 Å². The predicted octanol–water partition coefficient (Wildman–Crippen LogP) is 4.82. The largest absolute Gasteiger partial charge is 0.494 e. The summed E-state index contributed by atoms with van der Waals surface area (Å²) in [6.07, 6.45) is 2.16. The number of rotatable bonds is 6. The Morgan fingerprint density at radius 2 is 1.87 bits per heavy atom. The minimum atomic E-state index is -1.09. The molecule has 1 unspecified atom stereocenters. The molecule has 9 nitrogen and oxygen atoms in total. The summed E-state index contributed by atoms with van der Waals surface area (Å²) in [5.74, 6) is -3.73. The van der Waals surface area contributed by atoms with Crippen molar-refractivity contribution in [3.8, 4) is 11.5 Å². The molecule has 5 rings (SSSR count). The molecule has 2 aromatic heterocycles. The number of fused-ring (bicyclic) bond motifs is 1. The second-order valence-corrected chi connectivity index (χ2v) is 9.11. The molecule has 38 heavy (non-hydrogen) atoms. The van der Waals surface area contributed by atoms with Gasteiger partial charge in [0, 0.05) is 30.6 Å². The lowest BCUT2D eigenvalue weighted by Gasteiger charge is -2.35. The molecular formula is C27H27F2N5O4. The number of para-hydroxylation sites is 1. The van der Waals surface area contributed by atoms with E-state index in [0.29, 0.717) is 30.2 Å². The molecule has 11 heteroatoms. The van der Waals surface area contributed by atoms with Crippen LogP contribution in [0.3, 0.4) is 0 Å². The van der Waals surface area contributed by atoms with Gasteiger partial charge in [0.05, 0.1) is 31.5 Å². The lowest BCUT2D eigenvalue weighted by molar-refractivity contribution is 0.0599. The number of anilines is 1. The van der Waals surface area contributed by atoms with Crippen LogP contribution in [-0.4, -0.2) is 52.2 Å². The summed E-state index contributed by atoms with van der Waals surface area (Å²) < 4.78 is 41.1. The van der Waals surface area contributed by atoms with Crippen molar-refractivity contribution in [2.24, 2.45) is 7.05 Å². The highest BCUT2D eigenvalue weighted by Crippen LogP contribution is 2.36. The van der Waals surface area contributed by atoms with Crippen LogP contribution in [0.5, 0.6) is 11.5 Å². The van der Waals surface area contributed by atoms with E-state index in [4.69, 9.17) is 9.47 Å². The van der Waals surface area contributed by atoms with E-state index in [-0.39, 0.29) is 17.2 Å². The lowest BCUT2D eigenvalue weighted by atomic mass is 9.98. The molecule has 3 heterocycles. The number of likely N-dealkylation sites (tertiary alicyclic amines) is 1. The quantitative estimate of drug-likeness (QED) is 0.378. The fourth-order valence-corrected chi connectivity index (χ4v) is 4.98. The molecule has 0 spiro atoms. The van der Waals surface area contributed by atoms with Crippen molar-refractivity contribution in [3.63, 3.8) is 0 Å². The number of H-pyrrole nitrogens is 1.